The maximum absolute atomic E-state index is 12.9. The lowest BCUT2D eigenvalue weighted by atomic mass is 9.85. The molecule has 2 fully saturated rings. The molecule has 1 aliphatic carbocycles. The Kier molecular flexibility index (Phi) is 5.46. The highest BCUT2D eigenvalue weighted by molar-refractivity contribution is 7.89. The summed E-state index contributed by atoms with van der Waals surface area (Å²) in [5.41, 5.74) is 0. The van der Waals surface area contributed by atoms with Crippen molar-refractivity contribution < 1.29 is 27.6 Å². The summed E-state index contributed by atoms with van der Waals surface area (Å²) < 4.78 is 32.3. The Morgan fingerprint density at radius 1 is 1.00 bits per heavy atom. The van der Waals surface area contributed by atoms with E-state index in [0.29, 0.717) is 51.4 Å². The van der Waals surface area contributed by atoms with E-state index in [1.165, 1.54) is 16.3 Å². The van der Waals surface area contributed by atoms with Crippen molar-refractivity contribution in [2.45, 2.75) is 17.7 Å². The second-order valence-electron chi connectivity index (χ2n) is 7.75. The van der Waals surface area contributed by atoms with Crippen LogP contribution in [-0.2, 0) is 19.6 Å². The van der Waals surface area contributed by atoms with Gasteiger partial charge in [0, 0.05) is 0 Å². The van der Waals surface area contributed by atoms with Gasteiger partial charge in [0.1, 0.15) is 5.75 Å². The minimum Gasteiger partial charge on any atom is -0.497 e. The fourth-order valence-corrected chi connectivity index (χ4v) is 5.79. The second kappa shape index (κ2) is 7.89. The lowest BCUT2D eigenvalue weighted by Crippen LogP contribution is -3.16. The first-order chi connectivity index (χ1) is 13.9. The number of hydrogen-bond donors (Lipinski definition) is 1. The van der Waals surface area contributed by atoms with Crippen LogP contribution in [0.3, 0.4) is 0 Å². The predicted molar refractivity (Wildman–Crippen MR) is 105 cm³/mol. The van der Waals surface area contributed by atoms with E-state index in [4.69, 9.17) is 4.74 Å². The minimum atomic E-state index is -3.57. The molecule has 2 aliphatic heterocycles. The third kappa shape index (κ3) is 3.70. The lowest BCUT2D eigenvalue weighted by Gasteiger charge is -2.33. The quantitative estimate of drug-likeness (QED) is 0.512. The predicted octanol–water partition coefficient (Wildman–Crippen LogP) is -0.507. The van der Waals surface area contributed by atoms with Crippen LogP contribution >= 0.6 is 0 Å². The monoisotopic (exact) mass is 420 g/mol. The zero-order valence-corrected chi connectivity index (χ0v) is 17.2. The molecule has 1 N–H and O–H groups in total. The summed E-state index contributed by atoms with van der Waals surface area (Å²) in [7, 11) is -2.03. The van der Waals surface area contributed by atoms with Gasteiger partial charge in [0.25, 0.3) is 0 Å². The molecule has 3 aliphatic rings. The number of nitrogens with one attached hydrogen (secondary N) is 1. The van der Waals surface area contributed by atoms with Crippen molar-refractivity contribution in [3.63, 3.8) is 0 Å². The second-order valence-corrected chi connectivity index (χ2v) is 9.69. The van der Waals surface area contributed by atoms with Crippen molar-refractivity contribution in [3.05, 3.63) is 36.4 Å². The number of benzene rings is 1. The molecule has 8 nitrogen and oxygen atoms in total. The number of sulfonamides is 1. The molecule has 0 spiro atoms. The highest BCUT2D eigenvalue weighted by Crippen LogP contribution is 2.34. The number of carbonyl (C=O) groups is 2. The molecule has 29 heavy (non-hydrogen) atoms. The van der Waals surface area contributed by atoms with Gasteiger partial charge in [-0.15, -0.1) is 0 Å². The number of quaternary nitrogens is 1. The first kappa shape index (κ1) is 20.1. The van der Waals surface area contributed by atoms with E-state index in [9.17, 15) is 18.0 Å². The number of hydrogen-bond acceptors (Lipinski definition) is 5. The summed E-state index contributed by atoms with van der Waals surface area (Å²) in [4.78, 5) is 27.9. The number of rotatable bonds is 5. The maximum Gasteiger partial charge on any atom is 0.243 e. The van der Waals surface area contributed by atoms with Gasteiger partial charge in [-0.2, -0.15) is 4.31 Å². The molecule has 4 rings (SSSR count). The number of amides is 2. The highest BCUT2D eigenvalue weighted by atomic mass is 32.2. The third-order valence-electron chi connectivity index (χ3n) is 6.11. The molecule has 2 saturated heterocycles. The van der Waals surface area contributed by atoms with Crippen molar-refractivity contribution in [1.29, 1.82) is 0 Å². The van der Waals surface area contributed by atoms with Gasteiger partial charge >= 0.3 is 0 Å². The van der Waals surface area contributed by atoms with Crippen LogP contribution in [-0.4, -0.2) is 69.4 Å². The number of nitrogens with zero attached hydrogens (tertiary/aromatic N) is 2. The molecule has 0 bridgehead atoms. The minimum absolute atomic E-state index is 0.0786. The molecule has 2 atom stereocenters. The van der Waals surface area contributed by atoms with Crippen LogP contribution < -0.4 is 9.64 Å². The summed E-state index contributed by atoms with van der Waals surface area (Å²) in [5, 5.41) is 0. The number of fused-ring (bicyclic) bond motifs is 1. The lowest BCUT2D eigenvalue weighted by molar-refractivity contribution is -0.910. The summed E-state index contributed by atoms with van der Waals surface area (Å²) in [6, 6.07) is 6.36. The smallest absolute Gasteiger partial charge is 0.243 e. The zero-order chi connectivity index (χ0) is 20.6. The van der Waals surface area contributed by atoms with Crippen molar-refractivity contribution in [2.24, 2.45) is 11.8 Å². The van der Waals surface area contributed by atoms with Crippen molar-refractivity contribution >= 4 is 21.8 Å². The van der Waals surface area contributed by atoms with Crippen LogP contribution in [0.1, 0.15) is 12.8 Å². The van der Waals surface area contributed by atoms with E-state index < -0.39 is 10.0 Å². The van der Waals surface area contributed by atoms with Gasteiger partial charge in [0.2, 0.25) is 21.8 Å². The number of piperazine rings is 1. The van der Waals surface area contributed by atoms with E-state index in [-0.39, 0.29) is 28.5 Å². The first-order valence-electron chi connectivity index (χ1n) is 9.90. The van der Waals surface area contributed by atoms with Gasteiger partial charge in [-0.1, -0.05) is 12.2 Å². The van der Waals surface area contributed by atoms with Gasteiger partial charge in [0.15, 0.2) is 6.67 Å². The zero-order valence-electron chi connectivity index (χ0n) is 16.4. The number of carbonyl (C=O) groups excluding carboxylic acids is 2. The fraction of sp³-hybridized carbons (Fsp3) is 0.500. The number of methoxy groups -OCH3 is 1. The topological polar surface area (TPSA) is 88.4 Å². The Bertz CT molecular complexity index is 894. The number of imide groups is 1. The molecular weight excluding hydrogens is 394 g/mol. The molecule has 1 aromatic rings. The summed E-state index contributed by atoms with van der Waals surface area (Å²) in [6.07, 6.45) is 5.22. The van der Waals surface area contributed by atoms with Crippen molar-refractivity contribution in [1.82, 2.24) is 9.21 Å². The summed E-state index contributed by atoms with van der Waals surface area (Å²) >= 11 is 0. The van der Waals surface area contributed by atoms with Gasteiger partial charge in [-0.05, 0) is 37.1 Å². The molecule has 156 valence electrons. The van der Waals surface area contributed by atoms with Crippen LogP contribution in [0.5, 0.6) is 5.75 Å². The molecular formula is C20H26N3O5S+. The van der Waals surface area contributed by atoms with E-state index in [1.54, 1.807) is 24.3 Å². The molecule has 0 radical (unpaired) electrons. The largest absolute Gasteiger partial charge is 0.497 e. The Balaban J connectivity index is 1.37. The Morgan fingerprint density at radius 2 is 1.55 bits per heavy atom. The first-order valence-corrected chi connectivity index (χ1v) is 11.3. The summed E-state index contributed by atoms with van der Waals surface area (Å²) in [5.74, 6) is 0.0106. The van der Waals surface area contributed by atoms with Crippen LogP contribution in [0.15, 0.2) is 41.3 Å². The molecule has 2 heterocycles. The SMILES string of the molecule is COc1ccc(S(=O)(=O)N2CC[NH+](CN3C(=O)[C@@H]4CC=CC[C@H]4C3=O)CC2)cc1. The van der Waals surface area contributed by atoms with E-state index in [0.717, 1.165) is 4.90 Å². The van der Waals surface area contributed by atoms with Gasteiger partial charge < -0.3 is 9.64 Å². The van der Waals surface area contributed by atoms with E-state index in [2.05, 4.69) is 0 Å². The number of allylic oxidation sites excluding steroid dienone is 2. The Morgan fingerprint density at radius 3 is 2.07 bits per heavy atom. The maximum atomic E-state index is 12.9. The summed E-state index contributed by atoms with van der Waals surface area (Å²) in [6.45, 7) is 2.14. The Hall–Kier alpha value is -2.23. The van der Waals surface area contributed by atoms with Gasteiger partial charge in [-0.3, -0.25) is 9.59 Å². The average Bonchev–Trinajstić information content (AvgIpc) is 2.99. The van der Waals surface area contributed by atoms with Crippen LogP contribution in [0.2, 0.25) is 0 Å². The van der Waals surface area contributed by atoms with Gasteiger partial charge in [0.05, 0.1) is 50.0 Å². The molecule has 0 aromatic heterocycles. The van der Waals surface area contributed by atoms with Crippen LogP contribution in [0, 0.1) is 11.8 Å². The highest BCUT2D eigenvalue weighted by Gasteiger charge is 2.48. The molecule has 0 saturated carbocycles. The van der Waals surface area contributed by atoms with Crippen LogP contribution in [0.25, 0.3) is 0 Å². The normalized spacial score (nSPS) is 26.0. The van der Waals surface area contributed by atoms with Crippen LogP contribution in [0.4, 0.5) is 0 Å². The van der Waals surface area contributed by atoms with E-state index in [1.807, 2.05) is 12.2 Å². The number of ether oxygens (including phenoxy) is 1. The third-order valence-corrected chi connectivity index (χ3v) is 8.02. The molecule has 1 aromatic carbocycles. The molecule has 0 unspecified atom stereocenters. The Labute approximate surface area is 170 Å². The van der Waals surface area contributed by atoms with Crippen molar-refractivity contribution in [2.75, 3.05) is 40.0 Å². The molecule has 2 amide bonds. The van der Waals surface area contributed by atoms with Gasteiger partial charge in [-0.25, -0.2) is 13.3 Å². The van der Waals surface area contributed by atoms with Crippen molar-refractivity contribution in [3.8, 4) is 5.75 Å². The average molecular weight is 421 g/mol. The van der Waals surface area contributed by atoms with E-state index >= 15 is 0 Å². The fourth-order valence-electron chi connectivity index (χ4n) is 4.35. The standard InChI is InChI=1S/C20H25N3O5S/c1-28-15-6-8-16(9-7-15)29(26,27)22-12-10-21(11-13-22)14-23-19(24)17-4-2-3-5-18(17)20(23)25/h2-3,6-9,17-18H,4-5,10-14H2,1H3/p+1/t17-,18-/m1/s1. The number of likely N-dealkylation sites (tertiary alicyclic amines) is 1. The molecule has 9 heteroatoms.